The van der Waals surface area contributed by atoms with Crippen molar-refractivity contribution < 1.29 is 14.3 Å². The van der Waals surface area contributed by atoms with Crippen molar-refractivity contribution in [1.29, 1.82) is 0 Å². The summed E-state index contributed by atoms with van der Waals surface area (Å²) in [5, 5.41) is 0.955. The van der Waals surface area contributed by atoms with Gasteiger partial charge in [0, 0.05) is 11.6 Å². The second-order valence-corrected chi connectivity index (χ2v) is 3.28. The van der Waals surface area contributed by atoms with E-state index in [0.29, 0.717) is 12.4 Å². The molecule has 0 N–H and O–H groups in total. The fourth-order valence-electron chi connectivity index (χ4n) is 1.68. The Morgan fingerprint density at radius 1 is 1.38 bits per heavy atom. The number of hydrogen-bond acceptors (Lipinski definition) is 3. The van der Waals surface area contributed by atoms with E-state index in [9.17, 15) is 4.79 Å². The van der Waals surface area contributed by atoms with Crippen molar-refractivity contribution in [1.82, 2.24) is 4.57 Å². The van der Waals surface area contributed by atoms with E-state index in [1.165, 1.54) is 11.7 Å². The van der Waals surface area contributed by atoms with E-state index in [0.717, 1.165) is 10.9 Å². The highest BCUT2D eigenvalue weighted by Gasteiger charge is 2.12. The monoisotopic (exact) mass is 219 g/mol. The van der Waals surface area contributed by atoms with Crippen molar-refractivity contribution >= 4 is 17.0 Å². The minimum Gasteiger partial charge on any atom is -0.492 e. The molecule has 1 aromatic heterocycles. The van der Waals surface area contributed by atoms with E-state index in [2.05, 4.69) is 0 Å². The Morgan fingerprint density at radius 2 is 2.19 bits per heavy atom. The molecule has 0 unspecified atom stereocenters. The number of fused-ring (bicyclic) bond motifs is 1. The van der Waals surface area contributed by atoms with Gasteiger partial charge in [0.05, 0.1) is 13.7 Å². The van der Waals surface area contributed by atoms with Gasteiger partial charge in [-0.15, -0.1) is 0 Å². The average molecular weight is 219 g/mol. The molecule has 0 radical (unpaired) electrons. The molecule has 0 bridgehead atoms. The van der Waals surface area contributed by atoms with Gasteiger partial charge in [-0.05, 0) is 19.1 Å². The van der Waals surface area contributed by atoms with Gasteiger partial charge in [0.1, 0.15) is 11.3 Å². The van der Waals surface area contributed by atoms with Crippen LogP contribution < -0.4 is 4.74 Å². The minimum atomic E-state index is -0.415. The molecule has 2 aromatic rings. The third-order valence-corrected chi connectivity index (χ3v) is 2.35. The maximum absolute atomic E-state index is 11.5. The van der Waals surface area contributed by atoms with Crippen LogP contribution >= 0.6 is 0 Å². The topological polar surface area (TPSA) is 40.5 Å². The fourth-order valence-corrected chi connectivity index (χ4v) is 1.68. The standard InChI is InChI=1S/C12H13NO3/c1-3-16-10-6-4-5-9-7-8-13(11(9)10)12(14)15-2/h4-8H,3H2,1-2H3. The number of benzene rings is 1. The Morgan fingerprint density at radius 3 is 2.88 bits per heavy atom. The van der Waals surface area contributed by atoms with Crippen LogP contribution in [0.2, 0.25) is 0 Å². The van der Waals surface area contributed by atoms with Gasteiger partial charge in [-0.2, -0.15) is 0 Å². The fraction of sp³-hybridized carbons (Fsp3) is 0.250. The normalized spacial score (nSPS) is 10.4. The second kappa shape index (κ2) is 4.26. The predicted octanol–water partition coefficient (Wildman–Crippen LogP) is 2.65. The number of nitrogens with zero attached hydrogens (tertiary/aromatic N) is 1. The van der Waals surface area contributed by atoms with Crippen molar-refractivity contribution in [2.24, 2.45) is 0 Å². The lowest BCUT2D eigenvalue weighted by molar-refractivity contribution is 0.174. The second-order valence-electron chi connectivity index (χ2n) is 3.28. The van der Waals surface area contributed by atoms with E-state index < -0.39 is 6.09 Å². The van der Waals surface area contributed by atoms with Gasteiger partial charge in [-0.1, -0.05) is 12.1 Å². The Hall–Kier alpha value is -1.97. The molecule has 0 fully saturated rings. The van der Waals surface area contributed by atoms with E-state index in [4.69, 9.17) is 9.47 Å². The first-order chi connectivity index (χ1) is 7.77. The van der Waals surface area contributed by atoms with Crippen molar-refractivity contribution in [3.63, 3.8) is 0 Å². The van der Waals surface area contributed by atoms with Crippen LogP contribution in [0, 0.1) is 0 Å². The largest absolute Gasteiger partial charge is 0.492 e. The number of methoxy groups -OCH3 is 1. The summed E-state index contributed by atoms with van der Waals surface area (Å²) in [5.74, 6) is 0.690. The summed E-state index contributed by atoms with van der Waals surface area (Å²) >= 11 is 0. The first-order valence-corrected chi connectivity index (χ1v) is 5.09. The molecule has 84 valence electrons. The lowest BCUT2D eigenvalue weighted by Crippen LogP contribution is -2.10. The molecule has 0 spiro atoms. The van der Waals surface area contributed by atoms with Gasteiger partial charge in [-0.3, -0.25) is 0 Å². The Kier molecular flexibility index (Phi) is 2.81. The van der Waals surface area contributed by atoms with Crippen molar-refractivity contribution in [2.75, 3.05) is 13.7 Å². The summed E-state index contributed by atoms with van der Waals surface area (Å²) in [6.07, 6.45) is 1.26. The molecule has 16 heavy (non-hydrogen) atoms. The number of carbonyl (C=O) groups is 1. The zero-order chi connectivity index (χ0) is 11.5. The number of aromatic nitrogens is 1. The molecular weight excluding hydrogens is 206 g/mol. The van der Waals surface area contributed by atoms with Crippen molar-refractivity contribution in [3.8, 4) is 5.75 Å². The molecule has 0 atom stereocenters. The SMILES string of the molecule is CCOc1cccc2ccn(C(=O)OC)c12. The maximum atomic E-state index is 11.5. The highest BCUT2D eigenvalue weighted by molar-refractivity contribution is 5.93. The van der Waals surface area contributed by atoms with Crippen molar-refractivity contribution in [2.45, 2.75) is 6.92 Å². The van der Waals surface area contributed by atoms with Crippen molar-refractivity contribution in [3.05, 3.63) is 30.5 Å². The molecule has 0 aliphatic heterocycles. The highest BCUT2D eigenvalue weighted by atomic mass is 16.5. The van der Waals surface area contributed by atoms with E-state index in [1.807, 2.05) is 31.2 Å². The molecule has 0 aliphatic carbocycles. The summed E-state index contributed by atoms with van der Waals surface area (Å²) < 4.78 is 11.6. The first kappa shape index (κ1) is 10.5. The molecule has 2 rings (SSSR count). The molecule has 4 heteroatoms. The van der Waals surface area contributed by atoms with E-state index >= 15 is 0 Å². The van der Waals surface area contributed by atoms with Crippen LogP contribution in [0.15, 0.2) is 30.5 Å². The van der Waals surface area contributed by atoms with Gasteiger partial charge >= 0.3 is 6.09 Å². The molecule has 0 aliphatic rings. The molecule has 0 amide bonds. The quantitative estimate of drug-likeness (QED) is 0.779. The summed E-state index contributed by atoms with van der Waals surface area (Å²) in [6, 6.07) is 7.52. The van der Waals surface area contributed by atoms with Gasteiger partial charge in [0.2, 0.25) is 0 Å². The average Bonchev–Trinajstić information content (AvgIpc) is 2.73. The van der Waals surface area contributed by atoms with Crippen LogP contribution in [0.25, 0.3) is 10.9 Å². The molecule has 1 aromatic carbocycles. The van der Waals surface area contributed by atoms with Crippen LogP contribution in [0.5, 0.6) is 5.75 Å². The summed E-state index contributed by atoms with van der Waals surface area (Å²) in [7, 11) is 1.36. The van der Waals surface area contributed by atoms with Gasteiger partial charge < -0.3 is 9.47 Å². The lowest BCUT2D eigenvalue weighted by atomic mass is 10.2. The first-order valence-electron chi connectivity index (χ1n) is 5.09. The smallest absolute Gasteiger partial charge is 0.418 e. The third kappa shape index (κ3) is 1.62. The third-order valence-electron chi connectivity index (χ3n) is 2.35. The number of para-hydroxylation sites is 1. The Labute approximate surface area is 93.4 Å². The van der Waals surface area contributed by atoms with Crippen LogP contribution in [0.1, 0.15) is 6.92 Å². The lowest BCUT2D eigenvalue weighted by Gasteiger charge is -2.08. The van der Waals surface area contributed by atoms with Gasteiger partial charge in [-0.25, -0.2) is 9.36 Å². The molecule has 1 heterocycles. The van der Waals surface area contributed by atoms with Crippen LogP contribution in [0.4, 0.5) is 4.79 Å². The summed E-state index contributed by atoms with van der Waals surface area (Å²) in [6.45, 7) is 2.47. The zero-order valence-corrected chi connectivity index (χ0v) is 9.27. The number of ether oxygens (including phenoxy) is 2. The maximum Gasteiger partial charge on any atom is 0.418 e. The molecule has 0 saturated carbocycles. The van der Waals surface area contributed by atoms with Crippen LogP contribution in [-0.4, -0.2) is 24.4 Å². The molecule has 0 saturated heterocycles. The minimum absolute atomic E-state index is 0.415. The van der Waals surface area contributed by atoms with Crippen LogP contribution in [0.3, 0.4) is 0 Å². The molecule has 4 nitrogen and oxygen atoms in total. The molecular formula is C12H13NO3. The number of rotatable bonds is 2. The van der Waals surface area contributed by atoms with Gasteiger partial charge in [0.15, 0.2) is 0 Å². The summed E-state index contributed by atoms with van der Waals surface area (Å²) in [5.41, 5.74) is 0.746. The van der Waals surface area contributed by atoms with Gasteiger partial charge in [0.25, 0.3) is 0 Å². The predicted molar refractivity (Wildman–Crippen MR) is 60.9 cm³/mol. The Balaban J connectivity index is 2.62. The highest BCUT2D eigenvalue weighted by Crippen LogP contribution is 2.26. The van der Waals surface area contributed by atoms with E-state index in [-0.39, 0.29) is 0 Å². The van der Waals surface area contributed by atoms with Crippen LogP contribution in [-0.2, 0) is 4.74 Å². The van der Waals surface area contributed by atoms with E-state index in [1.54, 1.807) is 6.20 Å². The number of carbonyl (C=O) groups excluding carboxylic acids is 1. The zero-order valence-electron chi connectivity index (χ0n) is 9.27. The summed E-state index contributed by atoms with van der Waals surface area (Å²) in [4.78, 5) is 11.5. The Bertz CT molecular complexity index is 516. The number of hydrogen-bond donors (Lipinski definition) is 0.